The first kappa shape index (κ1) is 25.3. The van der Waals surface area contributed by atoms with Gasteiger partial charge in [-0.15, -0.1) is 0 Å². The number of Topliss-reactive ketones (excluding diaryl/α,β-unsaturated/α-hetero) is 1. The van der Waals surface area contributed by atoms with Crippen LogP contribution in [0, 0.1) is 5.92 Å². The minimum atomic E-state index is -2.25. The van der Waals surface area contributed by atoms with Crippen molar-refractivity contribution in [2.75, 3.05) is 14.2 Å². The molecule has 4 aromatic rings. The molecular formula is C30H25BrN2O6. The summed E-state index contributed by atoms with van der Waals surface area (Å²) in [5.74, 6) is -2.63. The number of ketones is 1. The van der Waals surface area contributed by atoms with Crippen molar-refractivity contribution in [3.05, 3.63) is 112 Å². The Bertz CT molecular complexity index is 1550. The van der Waals surface area contributed by atoms with Gasteiger partial charge in [0.15, 0.2) is 17.1 Å². The number of benzene rings is 3. The van der Waals surface area contributed by atoms with Gasteiger partial charge in [-0.3, -0.25) is 14.3 Å². The first-order valence-corrected chi connectivity index (χ1v) is 13.2. The molecule has 0 unspecified atom stereocenters. The minimum absolute atomic E-state index is 0.0799. The third-order valence-electron chi connectivity index (χ3n) is 7.68. The first-order valence-electron chi connectivity index (χ1n) is 12.4. The van der Waals surface area contributed by atoms with E-state index in [4.69, 9.17) is 14.2 Å². The quantitative estimate of drug-likeness (QED) is 0.264. The Morgan fingerprint density at radius 1 is 1.05 bits per heavy atom. The molecule has 3 aromatic carbocycles. The molecule has 8 nitrogen and oxygen atoms in total. The Labute approximate surface area is 233 Å². The number of methoxy groups -OCH3 is 2. The second-order valence-corrected chi connectivity index (χ2v) is 10.6. The van der Waals surface area contributed by atoms with Crippen molar-refractivity contribution in [3.63, 3.8) is 0 Å². The van der Waals surface area contributed by atoms with E-state index < -0.39 is 34.8 Å². The molecule has 9 heteroatoms. The number of rotatable bonds is 6. The highest BCUT2D eigenvalue weighted by Gasteiger charge is 2.79. The Balaban J connectivity index is 1.53. The van der Waals surface area contributed by atoms with Crippen molar-refractivity contribution >= 4 is 27.7 Å². The van der Waals surface area contributed by atoms with Crippen LogP contribution in [0.5, 0.6) is 11.5 Å². The van der Waals surface area contributed by atoms with Gasteiger partial charge in [-0.1, -0.05) is 70.5 Å². The molecular weight excluding hydrogens is 564 g/mol. The second kappa shape index (κ2) is 9.36. The highest BCUT2D eigenvalue weighted by molar-refractivity contribution is 9.10. The van der Waals surface area contributed by atoms with Crippen LogP contribution in [0.4, 0.5) is 0 Å². The lowest BCUT2D eigenvalue weighted by molar-refractivity contribution is -0.156. The van der Waals surface area contributed by atoms with E-state index in [9.17, 15) is 14.7 Å². The lowest BCUT2D eigenvalue weighted by Crippen LogP contribution is -2.51. The van der Waals surface area contributed by atoms with Crippen LogP contribution in [0.15, 0.2) is 89.5 Å². The summed E-state index contributed by atoms with van der Waals surface area (Å²) < 4.78 is 19.4. The molecule has 2 heterocycles. The fraction of sp³-hybridized carbons (Fsp3) is 0.233. The largest absolute Gasteiger partial charge is 0.497 e. The predicted molar refractivity (Wildman–Crippen MR) is 144 cm³/mol. The molecule has 1 N–H and O–H groups in total. The molecule has 39 heavy (non-hydrogen) atoms. The maximum atomic E-state index is 14.2. The van der Waals surface area contributed by atoms with Gasteiger partial charge >= 0.3 is 5.97 Å². The fourth-order valence-electron chi connectivity index (χ4n) is 5.95. The Kier molecular flexibility index (Phi) is 6.08. The molecule has 1 aromatic heterocycles. The maximum absolute atomic E-state index is 14.2. The number of carbonyl (C=O) groups is 2. The molecule has 198 valence electrons. The molecule has 1 fully saturated rings. The molecule has 0 bridgehead atoms. The second-order valence-electron chi connectivity index (χ2n) is 9.70. The van der Waals surface area contributed by atoms with Gasteiger partial charge in [-0.2, -0.15) is 5.10 Å². The van der Waals surface area contributed by atoms with E-state index in [-0.39, 0.29) is 11.4 Å². The van der Waals surface area contributed by atoms with Gasteiger partial charge in [0.2, 0.25) is 5.60 Å². The summed E-state index contributed by atoms with van der Waals surface area (Å²) in [6.45, 7) is 0.373. The van der Waals surface area contributed by atoms with Crippen LogP contribution in [0.1, 0.15) is 28.3 Å². The number of fused-ring (bicyclic) bond motifs is 3. The van der Waals surface area contributed by atoms with Gasteiger partial charge in [0.1, 0.15) is 17.4 Å². The number of halogens is 1. The van der Waals surface area contributed by atoms with Crippen LogP contribution in [0.3, 0.4) is 0 Å². The molecule has 2 aliphatic rings. The molecule has 1 aliphatic heterocycles. The normalized spacial score (nSPS) is 25.1. The van der Waals surface area contributed by atoms with Gasteiger partial charge in [0, 0.05) is 4.47 Å². The average molecular weight is 589 g/mol. The Hall–Kier alpha value is -3.95. The zero-order chi connectivity index (χ0) is 27.4. The number of ether oxygens (including phenoxy) is 3. The van der Waals surface area contributed by atoms with E-state index in [1.165, 1.54) is 7.11 Å². The summed E-state index contributed by atoms with van der Waals surface area (Å²) in [5.41, 5.74) is -1.67. The van der Waals surface area contributed by atoms with Crippen molar-refractivity contribution in [2.24, 2.45) is 5.92 Å². The summed E-state index contributed by atoms with van der Waals surface area (Å²) in [4.78, 5) is 27.4. The topological polar surface area (TPSA) is 99.9 Å². The summed E-state index contributed by atoms with van der Waals surface area (Å²) in [6.07, 6.45) is 1.68. The summed E-state index contributed by atoms with van der Waals surface area (Å²) in [7, 11) is 2.84. The third-order valence-corrected chi connectivity index (χ3v) is 8.21. The highest BCUT2D eigenvalue weighted by atomic mass is 79.9. The van der Waals surface area contributed by atoms with Crippen LogP contribution < -0.4 is 9.47 Å². The van der Waals surface area contributed by atoms with Crippen LogP contribution >= 0.6 is 15.9 Å². The standard InChI is InChI=1S/C30H25BrN2O6/c1-37-22-14-8-18(9-15-22)16-33-17-23-26(32-33)29(36)27(34)24(28(35)38-2)25(19-6-4-3-5-7-19)30(29,39-23)20-10-12-21(31)13-11-20/h3-15,17,24-25,36H,16H2,1-2H3/t24-,25-,29+,30+/m1/s1. The van der Waals surface area contributed by atoms with Crippen molar-refractivity contribution in [2.45, 2.75) is 23.7 Å². The van der Waals surface area contributed by atoms with E-state index in [1.54, 1.807) is 30.1 Å². The summed E-state index contributed by atoms with van der Waals surface area (Å²) in [6, 6.07) is 23.9. The molecule has 0 amide bonds. The Morgan fingerprint density at radius 3 is 2.38 bits per heavy atom. The van der Waals surface area contributed by atoms with E-state index in [0.717, 1.165) is 15.8 Å². The van der Waals surface area contributed by atoms with Crippen LogP contribution in [0.25, 0.3) is 0 Å². The molecule has 0 radical (unpaired) electrons. The summed E-state index contributed by atoms with van der Waals surface area (Å²) >= 11 is 3.46. The molecule has 4 atom stereocenters. The number of aliphatic hydroxyl groups is 1. The van der Waals surface area contributed by atoms with Gasteiger partial charge < -0.3 is 19.3 Å². The molecule has 1 saturated carbocycles. The molecule has 0 saturated heterocycles. The van der Waals surface area contributed by atoms with E-state index in [2.05, 4.69) is 21.0 Å². The number of hydrogen-bond donors (Lipinski definition) is 1. The average Bonchev–Trinajstić information content (AvgIpc) is 3.53. The first-order chi connectivity index (χ1) is 18.8. The van der Waals surface area contributed by atoms with Crippen LogP contribution in [-0.4, -0.2) is 40.9 Å². The smallest absolute Gasteiger partial charge is 0.317 e. The SMILES string of the molecule is COC(=O)[C@H]1C(=O)[C@@]2(O)c3nn(Cc4ccc(OC)cc4)cc3O[C@@]2(c2ccc(Br)cc2)[C@@H]1c1ccccc1. The lowest BCUT2D eigenvalue weighted by atomic mass is 9.71. The van der Waals surface area contributed by atoms with Gasteiger partial charge in [0.05, 0.1) is 32.9 Å². The van der Waals surface area contributed by atoms with E-state index in [1.807, 2.05) is 66.7 Å². The highest BCUT2D eigenvalue weighted by Crippen LogP contribution is 2.66. The molecule has 1 aliphatic carbocycles. The van der Waals surface area contributed by atoms with Crippen molar-refractivity contribution in [1.82, 2.24) is 9.78 Å². The number of esters is 1. The zero-order valence-electron chi connectivity index (χ0n) is 21.2. The van der Waals surface area contributed by atoms with E-state index in [0.29, 0.717) is 17.7 Å². The number of carbonyl (C=O) groups excluding carboxylic acids is 2. The summed E-state index contributed by atoms with van der Waals surface area (Å²) in [5, 5.41) is 17.2. The number of hydrogen-bond acceptors (Lipinski definition) is 7. The van der Waals surface area contributed by atoms with Crippen LogP contribution in [-0.2, 0) is 32.1 Å². The predicted octanol–water partition coefficient (Wildman–Crippen LogP) is 4.33. The minimum Gasteiger partial charge on any atom is -0.497 e. The third kappa shape index (κ3) is 3.64. The van der Waals surface area contributed by atoms with Gasteiger partial charge in [0.25, 0.3) is 0 Å². The lowest BCUT2D eigenvalue weighted by Gasteiger charge is -2.39. The number of aromatic nitrogens is 2. The van der Waals surface area contributed by atoms with Crippen molar-refractivity contribution < 1.29 is 28.9 Å². The maximum Gasteiger partial charge on any atom is 0.317 e. The van der Waals surface area contributed by atoms with Gasteiger partial charge in [-0.05, 0) is 41.0 Å². The van der Waals surface area contributed by atoms with Gasteiger partial charge in [-0.25, -0.2) is 0 Å². The number of nitrogens with zero attached hydrogens (tertiary/aromatic N) is 2. The fourth-order valence-corrected chi connectivity index (χ4v) is 6.22. The Morgan fingerprint density at radius 2 is 1.74 bits per heavy atom. The monoisotopic (exact) mass is 588 g/mol. The zero-order valence-corrected chi connectivity index (χ0v) is 22.8. The molecule has 6 rings (SSSR count). The van der Waals surface area contributed by atoms with Crippen molar-refractivity contribution in [3.8, 4) is 11.5 Å². The molecule has 0 spiro atoms. The van der Waals surface area contributed by atoms with Crippen LogP contribution in [0.2, 0.25) is 0 Å². The van der Waals surface area contributed by atoms with E-state index >= 15 is 0 Å². The van der Waals surface area contributed by atoms with Crippen molar-refractivity contribution in [1.29, 1.82) is 0 Å².